The number of nitrogens with one attached hydrogen (secondary N) is 2. The van der Waals surface area contributed by atoms with Crippen LogP contribution in [0.4, 0.5) is 10.1 Å². The molecule has 150 valence electrons. The third-order valence-electron chi connectivity index (χ3n) is 4.30. The lowest BCUT2D eigenvalue weighted by atomic mass is 10.0. The number of anilines is 1. The molecule has 0 aliphatic carbocycles. The molecular formula is C22H21FN2O3S. The molecule has 0 bridgehead atoms. The molecule has 0 fully saturated rings. The van der Waals surface area contributed by atoms with Crippen LogP contribution >= 0.6 is 0 Å². The number of carbonyl (C=O) groups is 1. The molecular weight excluding hydrogens is 391 g/mol. The highest BCUT2D eigenvalue weighted by atomic mass is 32.2. The van der Waals surface area contributed by atoms with Gasteiger partial charge < -0.3 is 5.32 Å². The summed E-state index contributed by atoms with van der Waals surface area (Å²) in [6.07, 6.45) is 0.588. The van der Waals surface area contributed by atoms with Crippen LogP contribution in [0.1, 0.15) is 17.5 Å². The van der Waals surface area contributed by atoms with E-state index in [4.69, 9.17) is 0 Å². The normalized spacial score (nSPS) is 11.2. The summed E-state index contributed by atoms with van der Waals surface area (Å²) in [6, 6.07) is 22.4. The van der Waals surface area contributed by atoms with Crippen LogP contribution in [0.3, 0.4) is 0 Å². The first-order chi connectivity index (χ1) is 14.0. The molecule has 3 aromatic rings. The molecule has 0 unspecified atom stereocenters. The molecule has 0 saturated carbocycles. The monoisotopic (exact) mass is 412 g/mol. The molecule has 0 spiro atoms. The zero-order valence-electron chi connectivity index (χ0n) is 15.6. The second kappa shape index (κ2) is 9.45. The Balaban J connectivity index is 1.58. The minimum absolute atomic E-state index is 0.0760. The molecule has 7 heteroatoms. The fourth-order valence-corrected chi connectivity index (χ4v) is 3.97. The van der Waals surface area contributed by atoms with Gasteiger partial charge in [0.2, 0.25) is 15.9 Å². The van der Waals surface area contributed by atoms with Crippen molar-refractivity contribution < 1.29 is 17.6 Å². The van der Waals surface area contributed by atoms with Gasteiger partial charge in [-0.2, -0.15) is 0 Å². The fraction of sp³-hybridized carbons (Fsp3) is 0.136. The van der Waals surface area contributed by atoms with Crippen molar-refractivity contribution in [2.75, 3.05) is 11.9 Å². The van der Waals surface area contributed by atoms with E-state index in [1.165, 1.54) is 18.2 Å². The third kappa shape index (κ3) is 5.73. The molecule has 2 N–H and O–H groups in total. The number of amides is 1. The van der Waals surface area contributed by atoms with Crippen molar-refractivity contribution in [3.63, 3.8) is 0 Å². The molecule has 0 heterocycles. The highest BCUT2D eigenvalue weighted by Crippen LogP contribution is 2.19. The molecule has 1 amide bonds. The van der Waals surface area contributed by atoms with Gasteiger partial charge in [-0.25, -0.2) is 17.5 Å². The lowest BCUT2D eigenvalue weighted by molar-refractivity contribution is -0.116. The predicted octanol–water partition coefficient (Wildman–Crippen LogP) is 3.72. The molecule has 3 rings (SSSR count). The summed E-state index contributed by atoms with van der Waals surface area (Å²) in [6.45, 7) is -0.136. The standard InChI is InChI=1S/C22H21FN2O3S/c23-19-11-5-7-13-21(19)29(27,28)24-15-14-22(26)25-20-12-6-4-10-18(20)16-17-8-2-1-3-9-17/h1-13,24H,14-16H2,(H,25,26). The van der Waals surface area contributed by atoms with Gasteiger partial charge in [-0.1, -0.05) is 60.7 Å². The second-order valence-corrected chi connectivity index (χ2v) is 8.18. The van der Waals surface area contributed by atoms with Crippen molar-refractivity contribution in [3.05, 3.63) is 95.8 Å². The molecule has 0 aliphatic rings. The van der Waals surface area contributed by atoms with Gasteiger partial charge in [-0.15, -0.1) is 0 Å². The van der Waals surface area contributed by atoms with Crippen molar-refractivity contribution in [1.82, 2.24) is 4.72 Å². The summed E-state index contributed by atoms with van der Waals surface area (Å²) in [7, 11) is -4.01. The van der Waals surface area contributed by atoms with E-state index in [9.17, 15) is 17.6 Å². The summed E-state index contributed by atoms with van der Waals surface area (Å²) < 4.78 is 40.3. The van der Waals surface area contributed by atoms with Crippen molar-refractivity contribution in [1.29, 1.82) is 0 Å². The first-order valence-corrected chi connectivity index (χ1v) is 10.6. The number of benzene rings is 3. The number of para-hydroxylation sites is 1. The van der Waals surface area contributed by atoms with E-state index in [-0.39, 0.29) is 18.9 Å². The molecule has 0 aliphatic heterocycles. The molecule has 29 heavy (non-hydrogen) atoms. The Bertz CT molecular complexity index is 1090. The number of hydrogen-bond donors (Lipinski definition) is 2. The Morgan fingerprint density at radius 3 is 2.28 bits per heavy atom. The van der Waals surface area contributed by atoms with Gasteiger partial charge in [0.15, 0.2) is 0 Å². The highest BCUT2D eigenvalue weighted by Gasteiger charge is 2.18. The van der Waals surface area contributed by atoms with E-state index >= 15 is 0 Å². The number of sulfonamides is 1. The van der Waals surface area contributed by atoms with Gasteiger partial charge in [0.05, 0.1) is 0 Å². The Hall–Kier alpha value is -3.03. The maximum Gasteiger partial charge on any atom is 0.243 e. The average Bonchev–Trinajstić information content (AvgIpc) is 2.70. The van der Waals surface area contributed by atoms with Gasteiger partial charge in [-0.3, -0.25) is 4.79 Å². The molecule has 0 aromatic heterocycles. The largest absolute Gasteiger partial charge is 0.326 e. The van der Waals surface area contributed by atoms with Crippen LogP contribution in [0.25, 0.3) is 0 Å². The topological polar surface area (TPSA) is 75.3 Å². The molecule has 0 atom stereocenters. The van der Waals surface area contributed by atoms with Crippen LogP contribution in [0.5, 0.6) is 0 Å². The van der Waals surface area contributed by atoms with Gasteiger partial charge in [0, 0.05) is 18.7 Å². The third-order valence-corrected chi connectivity index (χ3v) is 5.79. The zero-order chi connectivity index (χ0) is 20.7. The minimum atomic E-state index is -4.01. The number of carbonyl (C=O) groups excluding carboxylic acids is 1. The van der Waals surface area contributed by atoms with E-state index in [0.717, 1.165) is 17.2 Å². The van der Waals surface area contributed by atoms with Crippen LogP contribution in [-0.2, 0) is 21.2 Å². The number of halogens is 1. The SMILES string of the molecule is O=C(CCNS(=O)(=O)c1ccccc1F)Nc1ccccc1Cc1ccccc1. The van der Waals surface area contributed by atoms with Gasteiger partial charge >= 0.3 is 0 Å². The Kier molecular flexibility index (Phi) is 6.74. The summed E-state index contributed by atoms with van der Waals surface area (Å²) in [5, 5.41) is 2.82. The summed E-state index contributed by atoms with van der Waals surface area (Å²) in [5.74, 6) is -1.17. The minimum Gasteiger partial charge on any atom is -0.326 e. The molecule has 0 radical (unpaired) electrons. The first kappa shape index (κ1) is 20.7. The number of hydrogen-bond acceptors (Lipinski definition) is 3. The van der Waals surface area contributed by atoms with E-state index < -0.39 is 20.7 Å². The van der Waals surface area contributed by atoms with Crippen LogP contribution in [-0.4, -0.2) is 20.9 Å². The van der Waals surface area contributed by atoms with Gasteiger partial charge in [0.1, 0.15) is 10.7 Å². The maximum atomic E-state index is 13.7. The quantitative estimate of drug-likeness (QED) is 0.592. The Labute approximate surface area is 169 Å². The summed E-state index contributed by atoms with van der Waals surface area (Å²) >= 11 is 0. The van der Waals surface area contributed by atoms with Crippen LogP contribution in [0, 0.1) is 5.82 Å². The fourth-order valence-electron chi connectivity index (χ4n) is 2.86. The highest BCUT2D eigenvalue weighted by molar-refractivity contribution is 7.89. The van der Waals surface area contributed by atoms with E-state index in [0.29, 0.717) is 12.1 Å². The van der Waals surface area contributed by atoms with Crippen LogP contribution in [0.15, 0.2) is 83.8 Å². The molecule has 5 nitrogen and oxygen atoms in total. The van der Waals surface area contributed by atoms with E-state index in [1.807, 2.05) is 48.5 Å². The van der Waals surface area contributed by atoms with Gasteiger partial charge in [-0.05, 0) is 35.7 Å². The van der Waals surface area contributed by atoms with Crippen molar-refractivity contribution in [2.24, 2.45) is 0 Å². The lowest BCUT2D eigenvalue weighted by Crippen LogP contribution is -2.28. The molecule has 3 aromatic carbocycles. The number of rotatable bonds is 8. The zero-order valence-corrected chi connectivity index (χ0v) is 16.5. The van der Waals surface area contributed by atoms with Crippen LogP contribution < -0.4 is 10.0 Å². The van der Waals surface area contributed by atoms with Crippen molar-refractivity contribution >= 4 is 21.6 Å². The van der Waals surface area contributed by atoms with E-state index in [2.05, 4.69) is 10.0 Å². The van der Waals surface area contributed by atoms with E-state index in [1.54, 1.807) is 6.07 Å². The maximum absolute atomic E-state index is 13.7. The van der Waals surface area contributed by atoms with Gasteiger partial charge in [0.25, 0.3) is 0 Å². The Morgan fingerprint density at radius 1 is 0.862 bits per heavy atom. The van der Waals surface area contributed by atoms with Crippen molar-refractivity contribution in [2.45, 2.75) is 17.7 Å². The first-order valence-electron chi connectivity index (χ1n) is 9.11. The Morgan fingerprint density at radius 2 is 1.52 bits per heavy atom. The summed E-state index contributed by atoms with van der Waals surface area (Å²) in [4.78, 5) is 11.8. The second-order valence-electron chi connectivity index (χ2n) is 6.45. The average molecular weight is 412 g/mol. The lowest BCUT2D eigenvalue weighted by Gasteiger charge is -2.12. The van der Waals surface area contributed by atoms with Crippen molar-refractivity contribution in [3.8, 4) is 0 Å². The summed E-state index contributed by atoms with van der Waals surface area (Å²) in [5.41, 5.74) is 2.75. The predicted molar refractivity (Wildman–Crippen MR) is 111 cm³/mol. The smallest absolute Gasteiger partial charge is 0.243 e. The molecule has 0 saturated heterocycles. The van der Waals surface area contributed by atoms with Crippen LogP contribution in [0.2, 0.25) is 0 Å².